The molecular formula is C18H19N5O. The fourth-order valence-corrected chi connectivity index (χ4v) is 3.01. The lowest BCUT2D eigenvalue weighted by atomic mass is 10.1. The molecule has 0 saturated carbocycles. The first-order valence-corrected chi connectivity index (χ1v) is 8.24. The molecule has 6 heteroatoms. The van der Waals surface area contributed by atoms with Gasteiger partial charge in [0.1, 0.15) is 12.1 Å². The summed E-state index contributed by atoms with van der Waals surface area (Å²) in [4.78, 5) is 21.2. The third kappa shape index (κ3) is 2.82. The van der Waals surface area contributed by atoms with Gasteiger partial charge in [0, 0.05) is 25.2 Å². The number of nitrogens with one attached hydrogen (secondary N) is 2. The topological polar surface area (TPSA) is 71.8 Å². The van der Waals surface area contributed by atoms with E-state index in [0.717, 1.165) is 41.9 Å². The number of nitrogens with zero attached hydrogens (tertiary/aromatic N) is 3. The quantitative estimate of drug-likeness (QED) is 0.778. The first-order valence-electron chi connectivity index (χ1n) is 8.24. The van der Waals surface area contributed by atoms with Crippen LogP contribution in [-0.2, 0) is 12.8 Å². The number of benzene rings is 1. The molecule has 0 atom stereocenters. The average Bonchev–Trinajstić information content (AvgIpc) is 3.06. The number of carbonyl (C=O) groups is 1. The third-order valence-electron chi connectivity index (χ3n) is 4.28. The summed E-state index contributed by atoms with van der Waals surface area (Å²) in [6.07, 6.45) is 4.50. The number of aromatic nitrogens is 3. The Labute approximate surface area is 139 Å². The van der Waals surface area contributed by atoms with Gasteiger partial charge >= 0.3 is 6.03 Å². The van der Waals surface area contributed by atoms with Gasteiger partial charge in [-0.15, -0.1) is 0 Å². The number of carbonyl (C=O) groups excluding carboxylic acids is 1. The highest BCUT2D eigenvalue weighted by molar-refractivity contribution is 5.88. The summed E-state index contributed by atoms with van der Waals surface area (Å²) in [6.45, 7) is 1.52. The van der Waals surface area contributed by atoms with Gasteiger partial charge in [-0.1, -0.05) is 18.2 Å². The van der Waals surface area contributed by atoms with Crippen molar-refractivity contribution >= 4 is 22.9 Å². The van der Waals surface area contributed by atoms with Gasteiger partial charge in [0.2, 0.25) is 0 Å². The summed E-state index contributed by atoms with van der Waals surface area (Å²) in [6, 6.07) is 11.6. The lowest BCUT2D eigenvalue weighted by molar-refractivity contribution is 0.243. The fraction of sp³-hybridized carbons (Fsp3) is 0.278. The molecule has 1 aliphatic rings. The molecule has 0 saturated heterocycles. The predicted octanol–water partition coefficient (Wildman–Crippen LogP) is 2.59. The third-order valence-corrected chi connectivity index (χ3v) is 4.28. The van der Waals surface area contributed by atoms with Gasteiger partial charge in [-0.2, -0.15) is 0 Å². The Kier molecular flexibility index (Phi) is 3.86. The standard InChI is InChI=1S/C18H19N5O/c24-18(23-12-21-15-5-1-2-6-16(15)23)20-11-9-14-8-7-13-4-3-10-19-17(13)22-14/h1-2,5-8,12H,3-4,9-11H2,(H,19,22)(H,20,24). The first kappa shape index (κ1) is 14.7. The number of imidazole rings is 1. The summed E-state index contributed by atoms with van der Waals surface area (Å²) >= 11 is 0. The highest BCUT2D eigenvalue weighted by Crippen LogP contribution is 2.19. The van der Waals surface area contributed by atoms with Crippen LogP contribution < -0.4 is 10.6 Å². The van der Waals surface area contributed by atoms with E-state index in [2.05, 4.69) is 26.7 Å². The highest BCUT2D eigenvalue weighted by Gasteiger charge is 2.11. The fourth-order valence-electron chi connectivity index (χ4n) is 3.01. The van der Waals surface area contributed by atoms with E-state index in [-0.39, 0.29) is 6.03 Å². The Balaban J connectivity index is 1.39. The minimum atomic E-state index is -0.167. The van der Waals surface area contributed by atoms with Crippen LogP contribution in [0.3, 0.4) is 0 Å². The zero-order valence-corrected chi connectivity index (χ0v) is 13.3. The van der Waals surface area contributed by atoms with Crippen LogP contribution in [0.1, 0.15) is 17.7 Å². The van der Waals surface area contributed by atoms with E-state index in [1.807, 2.05) is 30.3 Å². The minimum absolute atomic E-state index is 0.167. The lowest BCUT2D eigenvalue weighted by Crippen LogP contribution is -2.30. The van der Waals surface area contributed by atoms with Crippen LogP contribution in [0, 0.1) is 0 Å². The van der Waals surface area contributed by atoms with Crippen molar-refractivity contribution in [2.24, 2.45) is 0 Å². The summed E-state index contributed by atoms with van der Waals surface area (Å²) in [5, 5.41) is 6.26. The largest absolute Gasteiger partial charge is 0.370 e. The Hall–Kier alpha value is -2.89. The van der Waals surface area contributed by atoms with Crippen LogP contribution in [0.2, 0.25) is 0 Å². The van der Waals surface area contributed by atoms with Crippen molar-refractivity contribution in [3.05, 3.63) is 54.0 Å². The summed E-state index contributed by atoms with van der Waals surface area (Å²) < 4.78 is 1.54. The molecule has 3 heterocycles. The average molecular weight is 321 g/mol. The van der Waals surface area contributed by atoms with Crippen LogP contribution in [0.15, 0.2) is 42.7 Å². The van der Waals surface area contributed by atoms with E-state index < -0.39 is 0 Å². The molecule has 1 aliphatic heterocycles. The zero-order valence-electron chi connectivity index (χ0n) is 13.3. The normalized spacial score (nSPS) is 13.3. The zero-order chi connectivity index (χ0) is 16.4. The van der Waals surface area contributed by atoms with Crippen LogP contribution in [-0.4, -0.2) is 33.7 Å². The number of hydrogen-bond acceptors (Lipinski definition) is 4. The summed E-state index contributed by atoms with van der Waals surface area (Å²) in [7, 11) is 0. The second kappa shape index (κ2) is 6.31. The maximum absolute atomic E-state index is 12.3. The number of hydrogen-bond donors (Lipinski definition) is 2. The molecule has 1 aromatic carbocycles. The smallest absolute Gasteiger partial charge is 0.327 e. The van der Waals surface area contributed by atoms with Crippen molar-refractivity contribution in [2.75, 3.05) is 18.4 Å². The van der Waals surface area contributed by atoms with E-state index in [0.29, 0.717) is 13.0 Å². The van der Waals surface area contributed by atoms with E-state index >= 15 is 0 Å². The van der Waals surface area contributed by atoms with Crippen LogP contribution in [0.25, 0.3) is 11.0 Å². The Morgan fingerprint density at radius 1 is 1.25 bits per heavy atom. The molecule has 2 N–H and O–H groups in total. The number of anilines is 1. The van der Waals surface area contributed by atoms with Crippen molar-refractivity contribution in [1.82, 2.24) is 19.9 Å². The van der Waals surface area contributed by atoms with Crippen molar-refractivity contribution in [1.29, 1.82) is 0 Å². The highest BCUT2D eigenvalue weighted by atomic mass is 16.2. The van der Waals surface area contributed by atoms with E-state index in [1.165, 1.54) is 10.1 Å². The molecule has 0 bridgehead atoms. The molecule has 0 aliphatic carbocycles. The maximum atomic E-state index is 12.3. The number of rotatable bonds is 3. The van der Waals surface area contributed by atoms with Gasteiger partial charge in [0.15, 0.2) is 0 Å². The maximum Gasteiger partial charge on any atom is 0.327 e. The van der Waals surface area contributed by atoms with Gasteiger partial charge < -0.3 is 10.6 Å². The molecular weight excluding hydrogens is 302 g/mol. The van der Waals surface area contributed by atoms with Crippen molar-refractivity contribution in [3.8, 4) is 0 Å². The van der Waals surface area contributed by atoms with Crippen molar-refractivity contribution < 1.29 is 4.79 Å². The number of aryl methyl sites for hydroxylation is 1. The van der Waals surface area contributed by atoms with Gasteiger partial charge in [-0.25, -0.2) is 14.8 Å². The lowest BCUT2D eigenvalue weighted by Gasteiger charge is -2.17. The Morgan fingerprint density at radius 2 is 2.17 bits per heavy atom. The van der Waals surface area contributed by atoms with E-state index in [4.69, 9.17) is 0 Å². The molecule has 122 valence electrons. The molecule has 4 rings (SSSR count). The first-order chi connectivity index (χ1) is 11.8. The molecule has 2 aromatic heterocycles. The van der Waals surface area contributed by atoms with Crippen LogP contribution in [0.5, 0.6) is 0 Å². The molecule has 24 heavy (non-hydrogen) atoms. The monoisotopic (exact) mass is 321 g/mol. The van der Waals surface area contributed by atoms with Gasteiger partial charge in [-0.05, 0) is 36.6 Å². The van der Waals surface area contributed by atoms with E-state index in [1.54, 1.807) is 6.33 Å². The molecule has 6 nitrogen and oxygen atoms in total. The van der Waals surface area contributed by atoms with Crippen LogP contribution in [0.4, 0.5) is 10.6 Å². The second-order valence-electron chi connectivity index (χ2n) is 5.93. The molecule has 1 amide bonds. The number of para-hydroxylation sites is 2. The predicted molar refractivity (Wildman–Crippen MR) is 93.3 cm³/mol. The Morgan fingerprint density at radius 3 is 3.12 bits per heavy atom. The molecule has 0 fully saturated rings. The molecule has 3 aromatic rings. The molecule has 0 radical (unpaired) electrons. The van der Waals surface area contributed by atoms with Gasteiger partial charge in [-0.3, -0.25) is 4.57 Å². The van der Waals surface area contributed by atoms with Gasteiger partial charge in [0.25, 0.3) is 0 Å². The summed E-state index contributed by atoms with van der Waals surface area (Å²) in [5.74, 6) is 0.991. The molecule has 0 unspecified atom stereocenters. The van der Waals surface area contributed by atoms with Crippen molar-refractivity contribution in [2.45, 2.75) is 19.3 Å². The van der Waals surface area contributed by atoms with Gasteiger partial charge in [0.05, 0.1) is 11.0 Å². The van der Waals surface area contributed by atoms with E-state index in [9.17, 15) is 4.79 Å². The number of amides is 1. The van der Waals surface area contributed by atoms with Crippen molar-refractivity contribution in [3.63, 3.8) is 0 Å². The number of pyridine rings is 1. The number of fused-ring (bicyclic) bond motifs is 2. The molecule has 0 spiro atoms. The minimum Gasteiger partial charge on any atom is -0.370 e. The van der Waals surface area contributed by atoms with Crippen LogP contribution >= 0.6 is 0 Å². The Bertz CT molecular complexity index is 886. The SMILES string of the molecule is O=C(NCCc1ccc2c(n1)NCCC2)n1cnc2ccccc21. The summed E-state index contributed by atoms with van der Waals surface area (Å²) in [5.41, 5.74) is 3.89. The second-order valence-corrected chi connectivity index (χ2v) is 5.93.